The van der Waals surface area contributed by atoms with Crippen LogP contribution >= 0.6 is 0 Å². The number of aromatic amines is 1. The Morgan fingerprint density at radius 3 is 1.24 bits per heavy atom. The maximum atomic E-state index is 15.0. The smallest absolute Gasteiger partial charge is 0.330 e. The molecule has 8 nitrogen and oxygen atoms in total. The molecule has 3 atom stereocenters. The highest BCUT2D eigenvalue weighted by molar-refractivity contribution is 5.90. The van der Waals surface area contributed by atoms with E-state index in [1.807, 2.05) is 182 Å². The molecule has 1 aliphatic heterocycles. The number of carbonyl (C=O) groups excluding carboxylic acids is 1. The molecule has 0 radical (unpaired) electrons. The normalized spacial score (nSPS) is 17.2. The Bertz CT molecular complexity index is 2260. The SMILES string of the molecule is O=C1[C@@H](OC(c2ccccc2)(c2ccccc2)c2ccccc2)[C@H](n2ccc(=O)[nH]c2=O)O[C@@H]1COC(c1ccccc1)(c1ccccc1)c1ccccc1. The number of Topliss-reactive ketones (excluding diaryl/α,β-unsaturated/α-hetero) is 1. The molecule has 0 unspecified atom stereocenters. The van der Waals surface area contributed by atoms with E-state index in [4.69, 9.17) is 14.2 Å². The number of ketones is 1. The monoisotopic (exact) mass is 726 g/mol. The molecular weight excluding hydrogens is 689 g/mol. The highest BCUT2D eigenvalue weighted by Crippen LogP contribution is 2.46. The molecule has 1 N–H and O–H groups in total. The Morgan fingerprint density at radius 1 is 0.509 bits per heavy atom. The van der Waals surface area contributed by atoms with Crippen molar-refractivity contribution in [3.8, 4) is 0 Å². The number of nitrogens with zero attached hydrogens (tertiary/aromatic N) is 1. The third kappa shape index (κ3) is 6.68. The van der Waals surface area contributed by atoms with Crippen molar-refractivity contribution < 1.29 is 19.0 Å². The van der Waals surface area contributed by atoms with Crippen molar-refractivity contribution in [1.82, 2.24) is 9.55 Å². The Balaban J connectivity index is 1.26. The summed E-state index contributed by atoms with van der Waals surface area (Å²) in [6.45, 7) is -0.193. The molecule has 1 fully saturated rings. The first-order valence-electron chi connectivity index (χ1n) is 18.2. The van der Waals surface area contributed by atoms with Gasteiger partial charge in [0.2, 0.25) is 0 Å². The summed E-state index contributed by atoms with van der Waals surface area (Å²) in [5, 5.41) is 0. The molecule has 6 aromatic carbocycles. The van der Waals surface area contributed by atoms with E-state index >= 15 is 4.79 Å². The van der Waals surface area contributed by atoms with Crippen molar-refractivity contribution in [1.29, 1.82) is 0 Å². The van der Waals surface area contributed by atoms with Crippen molar-refractivity contribution in [2.24, 2.45) is 0 Å². The summed E-state index contributed by atoms with van der Waals surface area (Å²) in [6, 6.07) is 59.8. The van der Waals surface area contributed by atoms with E-state index in [1.54, 1.807) is 0 Å². The average molecular weight is 727 g/mol. The Morgan fingerprint density at radius 2 is 0.873 bits per heavy atom. The zero-order chi connectivity index (χ0) is 37.7. The third-order valence-electron chi connectivity index (χ3n) is 10.1. The van der Waals surface area contributed by atoms with E-state index in [-0.39, 0.29) is 6.61 Å². The topological polar surface area (TPSA) is 99.6 Å². The molecule has 0 saturated carbocycles. The number of H-pyrrole nitrogens is 1. The summed E-state index contributed by atoms with van der Waals surface area (Å²) >= 11 is 0. The Kier molecular flexibility index (Phi) is 10.0. The van der Waals surface area contributed by atoms with Crippen LogP contribution in [-0.2, 0) is 30.2 Å². The van der Waals surface area contributed by atoms with E-state index in [9.17, 15) is 9.59 Å². The van der Waals surface area contributed by atoms with Crippen LogP contribution in [0.15, 0.2) is 204 Å². The number of carbonyl (C=O) groups is 1. The number of ether oxygens (including phenoxy) is 3. The van der Waals surface area contributed by atoms with Crippen molar-refractivity contribution in [3.63, 3.8) is 0 Å². The van der Waals surface area contributed by atoms with Crippen LogP contribution in [0.4, 0.5) is 0 Å². The second-order valence-electron chi connectivity index (χ2n) is 13.3. The summed E-state index contributed by atoms with van der Waals surface area (Å²) in [5.74, 6) is -0.418. The fourth-order valence-corrected chi connectivity index (χ4v) is 7.59. The lowest BCUT2D eigenvalue weighted by Crippen LogP contribution is -2.44. The van der Waals surface area contributed by atoms with E-state index in [2.05, 4.69) is 4.98 Å². The van der Waals surface area contributed by atoms with E-state index in [0.717, 1.165) is 33.4 Å². The molecule has 1 aromatic heterocycles. The molecule has 7 aromatic rings. The van der Waals surface area contributed by atoms with Gasteiger partial charge < -0.3 is 14.2 Å². The standard InChI is InChI=1S/C47H38N2O6/c50-41-31-32-49(45(52)48-41)44-43(55-47(37-25-13-4-14-26-37,38-27-15-5-16-28-38)39-29-17-6-18-30-39)42(51)40(54-44)33-53-46(34-19-7-1-8-20-34,35-21-9-2-10-22-35)36-23-11-3-12-24-36/h1-32,40,43-44H,33H2,(H,48,50,52)/t40-,43-,44-/m1/s1. The molecule has 0 aliphatic carbocycles. The predicted molar refractivity (Wildman–Crippen MR) is 209 cm³/mol. The molecule has 0 spiro atoms. The lowest BCUT2D eigenvalue weighted by Gasteiger charge is -2.38. The molecule has 0 bridgehead atoms. The minimum atomic E-state index is -1.34. The summed E-state index contributed by atoms with van der Waals surface area (Å²) in [7, 11) is 0. The van der Waals surface area contributed by atoms with Crippen LogP contribution in [0.3, 0.4) is 0 Å². The van der Waals surface area contributed by atoms with Gasteiger partial charge in [-0.3, -0.25) is 19.1 Å². The number of nitrogens with one attached hydrogen (secondary N) is 1. The summed E-state index contributed by atoms with van der Waals surface area (Å²) in [5.41, 5.74) is 1.09. The molecule has 55 heavy (non-hydrogen) atoms. The lowest BCUT2D eigenvalue weighted by molar-refractivity contribution is -0.140. The zero-order valence-electron chi connectivity index (χ0n) is 29.8. The fraction of sp³-hybridized carbons (Fsp3) is 0.128. The molecular formula is C47H38N2O6. The molecule has 2 heterocycles. The number of rotatable bonds is 12. The number of hydrogen-bond acceptors (Lipinski definition) is 6. The molecule has 272 valence electrons. The summed E-state index contributed by atoms with van der Waals surface area (Å²) in [6.07, 6.45) is -2.45. The van der Waals surface area contributed by atoms with Gasteiger partial charge in [-0.25, -0.2) is 4.79 Å². The van der Waals surface area contributed by atoms with Crippen LogP contribution in [0, 0.1) is 0 Å². The molecule has 8 heteroatoms. The van der Waals surface area contributed by atoms with Crippen LogP contribution < -0.4 is 11.2 Å². The van der Waals surface area contributed by atoms with Crippen LogP contribution in [0.2, 0.25) is 0 Å². The highest BCUT2D eigenvalue weighted by Gasteiger charge is 2.52. The van der Waals surface area contributed by atoms with Crippen molar-refractivity contribution in [2.75, 3.05) is 6.61 Å². The van der Waals surface area contributed by atoms with Crippen molar-refractivity contribution in [2.45, 2.75) is 29.6 Å². The Labute approximate surface area is 318 Å². The van der Waals surface area contributed by atoms with Gasteiger partial charge >= 0.3 is 5.69 Å². The van der Waals surface area contributed by atoms with Gasteiger partial charge in [0, 0.05) is 12.3 Å². The van der Waals surface area contributed by atoms with Gasteiger partial charge in [-0.15, -0.1) is 0 Å². The first-order chi connectivity index (χ1) is 27.0. The quantitative estimate of drug-likeness (QED) is 0.132. The molecule has 0 amide bonds. The second-order valence-corrected chi connectivity index (χ2v) is 13.3. The van der Waals surface area contributed by atoms with Gasteiger partial charge in [0.1, 0.15) is 17.3 Å². The van der Waals surface area contributed by atoms with Crippen LogP contribution in [0.1, 0.15) is 39.6 Å². The van der Waals surface area contributed by atoms with Crippen LogP contribution in [0.5, 0.6) is 0 Å². The van der Waals surface area contributed by atoms with Gasteiger partial charge in [-0.2, -0.15) is 0 Å². The average Bonchev–Trinajstić information content (AvgIpc) is 3.55. The largest absolute Gasteiger partial charge is 0.358 e. The van der Waals surface area contributed by atoms with Crippen LogP contribution in [0.25, 0.3) is 0 Å². The summed E-state index contributed by atoms with van der Waals surface area (Å²) in [4.78, 5) is 43.1. The van der Waals surface area contributed by atoms with Gasteiger partial charge in [0.05, 0.1) is 6.61 Å². The predicted octanol–water partition coefficient (Wildman–Crippen LogP) is 7.39. The van der Waals surface area contributed by atoms with Gasteiger partial charge in [0.15, 0.2) is 18.1 Å². The van der Waals surface area contributed by atoms with E-state index in [0.29, 0.717) is 0 Å². The van der Waals surface area contributed by atoms with Crippen molar-refractivity contribution in [3.05, 3.63) is 248 Å². The first kappa shape index (κ1) is 35.6. The van der Waals surface area contributed by atoms with Gasteiger partial charge in [-0.1, -0.05) is 182 Å². The highest BCUT2D eigenvalue weighted by atomic mass is 16.6. The van der Waals surface area contributed by atoms with E-state index < -0.39 is 46.7 Å². The van der Waals surface area contributed by atoms with E-state index in [1.165, 1.54) is 16.8 Å². The fourth-order valence-electron chi connectivity index (χ4n) is 7.59. The lowest BCUT2D eigenvalue weighted by atomic mass is 9.79. The molecule has 1 aliphatic rings. The second kappa shape index (κ2) is 15.5. The minimum Gasteiger partial charge on any atom is -0.358 e. The minimum absolute atomic E-state index is 0.193. The van der Waals surface area contributed by atoms with Gasteiger partial charge in [0.25, 0.3) is 5.56 Å². The third-order valence-corrected chi connectivity index (χ3v) is 10.1. The molecule has 1 saturated heterocycles. The first-order valence-corrected chi connectivity index (χ1v) is 18.2. The van der Waals surface area contributed by atoms with Gasteiger partial charge in [-0.05, 0) is 33.4 Å². The number of benzene rings is 6. The number of aromatic nitrogens is 2. The number of hydrogen-bond donors (Lipinski definition) is 1. The Hall–Kier alpha value is -6.45. The molecule has 8 rings (SSSR count). The summed E-state index contributed by atoms with van der Waals surface area (Å²) < 4.78 is 22.1. The van der Waals surface area contributed by atoms with Crippen LogP contribution in [-0.4, -0.2) is 34.1 Å². The zero-order valence-corrected chi connectivity index (χ0v) is 29.8. The van der Waals surface area contributed by atoms with Crippen molar-refractivity contribution >= 4 is 5.78 Å². The maximum Gasteiger partial charge on any atom is 0.330 e. The maximum absolute atomic E-state index is 15.0.